The van der Waals surface area contributed by atoms with E-state index in [1.54, 1.807) is 0 Å². The summed E-state index contributed by atoms with van der Waals surface area (Å²) in [5.74, 6) is 0.521. The van der Waals surface area contributed by atoms with Crippen LogP contribution in [0.4, 0.5) is 0 Å². The smallest absolute Gasteiger partial charge is 0.341 e. The summed E-state index contributed by atoms with van der Waals surface area (Å²) >= 11 is 0. The van der Waals surface area contributed by atoms with Gasteiger partial charge in [0.2, 0.25) is 11.8 Å². The van der Waals surface area contributed by atoms with Crippen LogP contribution >= 0.6 is 0 Å². The van der Waals surface area contributed by atoms with Crippen LogP contribution in [0, 0.1) is 17.8 Å². The summed E-state index contributed by atoms with van der Waals surface area (Å²) < 4.78 is 11.8. The van der Waals surface area contributed by atoms with Crippen molar-refractivity contribution in [2.75, 3.05) is 6.54 Å². The Labute approximate surface area is 126 Å². The van der Waals surface area contributed by atoms with Crippen LogP contribution in [0.2, 0.25) is 0 Å². The van der Waals surface area contributed by atoms with E-state index >= 15 is 0 Å². The highest BCUT2D eigenvalue weighted by Crippen LogP contribution is 2.44. The monoisotopic (exact) mass is 294 g/mol. The standard InChI is InChI=1S/C16H26N2O3/c1-10(2)13-9-17-18-16(13)11(3)20-14(21-15(16)19)12-7-5-4-6-8-12/h10-14H,4-9H2,1-3H3/t11-,13+,14-,16-/m1/s1. The van der Waals surface area contributed by atoms with Gasteiger partial charge in [0.15, 0.2) is 0 Å². The minimum absolute atomic E-state index is 0.0762. The molecule has 0 N–H and O–H groups in total. The SMILES string of the molecule is CC(C)[C@@H]1CN=N[C@@]12C(=O)O[C@H](C1CCCCC1)O[C@@H]2C. The second kappa shape index (κ2) is 5.67. The number of ether oxygens (including phenoxy) is 2. The third kappa shape index (κ3) is 2.39. The number of hydrogen-bond acceptors (Lipinski definition) is 5. The van der Waals surface area contributed by atoms with Crippen LogP contribution in [0.3, 0.4) is 0 Å². The first kappa shape index (κ1) is 14.9. The molecule has 4 atom stereocenters. The highest BCUT2D eigenvalue weighted by Gasteiger charge is 2.60. The molecule has 0 amide bonds. The molecule has 1 saturated heterocycles. The molecule has 1 saturated carbocycles. The quantitative estimate of drug-likeness (QED) is 0.734. The fourth-order valence-electron chi connectivity index (χ4n) is 4.07. The lowest BCUT2D eigenvalue weighted by atomic mass is 9.74. The topological polar surface area (TPSA) is 60.2 Å². The van der Waals surface area contributed by atoms with Crippen LogP contribution in [-0.4, -0.2) is 30.4 Å². The molecule has 5 heteroatoms. The Bertz CT molecular complexity index is 431. The summed E-state index contributed by atoms with van der Waals surface area (Å²) in [7, 11) is 0. The third-order valence-corrected chi connectivity index (χ3v) is 5.43. The highest BCUT2D eigenvalue weighted by atomic mass is 16.7. The Balaban J connectivity index is 1.78. The van der Waals surface area contributed by atoms with Crippen molar-refractivity contribution in [1.82, 2.24) is 0 Å². The van der Waals surface area contributed by atoms with Gasteiger partial charge >= 0.3 is 5.97 Å². The van der Waals surface area contributed by atoms with Gasteiger partial charge in [-0.05, 0) is 25.7 Å². The number of esters is 1. The van der Waals surface area contributed by atoms with E-state index in [0.29, 0.717) is 18.4 Å². The van der Waals surface area contributed by atoms with Crippen molar-refractivity contribution in [2.45, 2.75) is 70.8 Å². The lowest BCUT2D eigenvalue weighted by molar-refractivity contribution is -0.252. The zero-order chi connectivity index (χ0) is 15.0. The predicted molar refractivity (Wildman–Crippen MR) is 77.8 cm³/mol. The summed E-state index contributed by atoms with van der Waals surface area (Å²) in [6.45, 7) is 6.76. The number of hydrogen-bond donors (Lipinski definition) is 0. The molecule has 0 aromatic carbocycles. The molecule has 3 rings (SSSR count). The molecule has 2 aliphatic heterocycles. The molecular formula is C16H26N2O3. The number of rotatable bonds is 2. The van der Waals surface area contributed by atoms with Gasteiger partial charge in [0.1, 0.15) is 0 Å². The molecule has 0 aromatic rings. The number of carbonyl (C=O) groups is 1. The number of azo groups is 1. The van der Waals surface area contributed by atoms with Gasteiger partial charge in [-0.25, -0.2) is 4.79 Å². The van der Waals surface area contributed by atoms with Gasteiger partial charge in [0.25, 0.3) is 0 Å². The lowest BCUT2D eigenvalue weighted by Crippen LogP contribution is -2.61. The van der Waals surface area contributed by atoms with Crippen LogP contribution < -0.4 is 0 Å². The van der Waals surface area contributed by atoms with E-state index in [2.05, 4.69) is 24.1 Å². The van der Waals surface area contributed by atoms with E-state index in [1.807, 2.05) is 6.92 Å². The fourth-order valence-corrected chi connectivity index (χ4v) is 4.07. The second-order valence-electron chi connectivity index (χ2n) is 7.05. The maximum absolute atomic E-state index is 12.7. The van der Waals surface area contributed by atoms with Crippen LogP contribution in [0.5, 0.6) is 0 Å². The molecule has 0 unspecified atom stereocenters. The maximum Gasteiger partial charge on any atom is 0.341 e. The minimum Gasteiger partial charge on any atom is -0.434 e. The van der Waals surface area contributed by atoms with Gasteiger partial charge in [-0.3, -0.25) is 0 Å². The van der Waals surface area contributed by atoms with Crippen LogP contribution in [0.25, 0.3) is 0 Å². The van der Waals surface area contributed by atoms with Crippen molar-refractivity contribution >= 4 is 5.97 Å². The third-order valence-electron chi connectivity index (χ3n) is 5.43. The van der Waals surface area contributed by atoms with Gasteiger partial charge in [-0.2, -0.15) is 10.2 Å². The van der Waals surface area contributed by atoms with Crippen molar-refractivity contribution < 1.29 is 14.3 Å². The maximum atomic E-state index is 12.7. The molecule has 1 aliphatic carbocycles. The number of cyclic esters (lactones) is 1. The van der Waals surface area contributed by atoms with Crippen molar-refractivity contribution in [1.29, 1.82) is 0 Å². The molecule has 0 aromatic heterocycles. The Kier molecular flexibility index (Phi) is 4.04. The Morgan fingerprint density at radius 3 is 2.57 bits per heavy atom. The minimum atomic E-state index is -0.917. The van der Waals surface area contributed by atoms with Gasteiger partial charge < -0.3 is 9.47 Å². The molecule has 118 valence electrons. The average Bonchev–Trinajstić information content (AvgIpc) is 2.92. The molecule has 5 nitrogen and oxygen atoms in total. The molecule has 1 spiro atoms. The van der Waals surface area contributed by atoms with Gasteiger partial charge in [-0.1, -0.05) is 33.1 Å². The summed E-state index contributed by atoms with van der Waals surface area (Å²) in [6, 6.07) is 0. The van der Waals surface area contributed by atoms with Crippen LogP contribution in [0.1, 0.15) is 52.9 Å². The second-order valence-corrected chi connectivity index (χ2v) is 7.05. The predicted octanol–water partition coefficient (Wildman–Crippen LogP) is 3.33. The zero-order valence-corrected chi connectivity index (χ0v) is 13.2. The van der Waals surface area contributed by atoms with E-state index in [0.717, 1.165) is 12.8 Å². The first-order valence-corrected chi connectivity index (χ1v) is 8.31. The van der Waals surface area contributed by atoms with Crippen LogP contribution in [0.15, 0.2) is 10.2 Å². The van der Waals surface area contributed by atoms with E-state index in [9.17, 15) is 4.79 Å². The summed E-state index contributed by atoms with van der Waals surface area (Å²) in [5, 5.41) is 8.44. The number of carbonyl (C=O) groups excluding carboxylic acids is 1. The van der Waals surface area contributed by atoms with Crippen molar-refractivity contribution in [2.24, 2.45) is 28.0 Å². The first-order chi connectivity index (χ1) is 10.1. The molecule has 2 fully saturated rings. The van der Waals surface area contributed by atoms with Gasteiger partial charge in [0, 0.05) is 11.8 Å². The molecular weight excluding hydrogens is 268 g/mol. The van der Waals surface area contributed by atoms with Gasteiger partial charge in [0.05, 0.1) is 12.6 Å². The zero-order valence-electron chi connectivity index (χ0n) is 13.2. The molecule has 21 heavy (non-hydrogen) atoms. The molecule has 0 radical (unpaired) electrons. The van der Waals surface area contributed by atoms with Crippen molar-refractivity contribution in [3.05, 3.63) is 0 Å². The lowest BCUT2D eigenvalue weighted by Gasteiger charge is -2.44. The largest absolute Gasteiger partial charge is 0.434 e. The average molecular weight is 294 g/mol. The highest BCUT2D eigenvalue weighted by molar-refractivity contribution is 5.83. The van der Waals surface area contributed by atoms with E-state index < -0.39 is 5.54 Å². The number of nitrogens with zero attached hydrogens (tertiary/aromatic N) is 2. The molecule has 0 bridgehead atoms. The molecule has 2 heterocycles. The van der Waals surface area contributed by atoms with E-state index in [-0.39, 0.29) is 24.3 Å². The van der Waals surface area contributed by atoms with Crippen LogP contribution in [-0.2, 0) is 14.3 Å². The fraction of sp³-hybridized carbons (Fsp3) is 0.938. The van der Waals surface area contributed by atoms with Gasteiger partial charge in [-0.15, -0.1) is 0 Å². The Hall–Kier alpha value is -0.970. The first-order valence-electron chi connectivity index (χ1n) is 8.31. The van der Waals surface area contributed by atoms with E-state index in [1.165, 1.54) is 19.3 Å². The summed E-state index contributed by atoms with van der Waals surface area (Å²) in [6.07, 6.45) is 5.22. The Morgan fingerprint density at radius 1 is 1.24 bits per heavy atom. The molecule has 3 aliphatic rings. The van der Waals surface area contributed by atoms with Crippen molar-refractivity contribution in [3.63, 3.8) is 0 Å². The van der Waals surface area contributed by atoms with E-state index in [4.69, 9.17) is 9.47 Å². The summed E-state index contributed by atoms with van der Waals surface area (Å²) in [4.78, 5) is 12.7. The Morgan fingerprint density at radius 2 is 1.95 bits per heavy atom. The summed E-state index contributed by atoms with van der Waals surface area (Å²) in [5.41, 5.74) is -0.917. The van der Waals surface area contributed by atoms with Crippen molar-refractivity contribution in [3.8, 4) is 0 Å². The normalized spacial score (nSPS) is 41.0.